The maximum Gasteiger partial charge on any atom is 0.242 e. The average molecular weight is 351 g/mol. The van der Waals surface area contributed by atoms with Gasteiger partial charge in [0.2, 0.25) is 10.0 Å². The second-order valence-corrected chi connectivity index (χ2v) is 7.47. The molecule has 0 bridgehead atoms. The van der Waals surface area contributed by atoms with E-state index >= 15 is 0 Å². The molecule has 0 aliphatic heterocycles. The molecule has 0 saturated heterocycles. The average Bonchev–Trinajstić information content (AvgIpc) is 2.25. The standard InChI is InChI=1S/C12H19BrN2O3S/c1-8(2)5-10(16)7-15-19(17,18)12-4-3-9(13)6-11(12)14/h3-4,6,8,10,15-16H,5,7,14H2,1-2H3. The molecule has 4 N–H and O–H groups in total. The van der Waals surface area contributed by atoms with Crippen LogP contribution < -0.4 is 10.5 Å². The molecule has 0 aliphatic rings. The first-order chi connectivity index (χ1) is 8.72. The third-order valence-corrected chi connectivity index (χ3v) is 4.50. The van der Waals surface area contributed by atoms with Gasteiger partial charge in [0.05, 0.1) is 11.8 Å². The number of sulfonamides is 1. The van der Waals surface area contributed by atoms with Crippen LogP contribution in [-0.4, -0.2) is 26.2 Å². The summed E-state index contributed by atoms with van der Waals surface area (Å²) >= 11 is 3.22. The van der Waals surface area contributed by atoms with Crippen LogP contribution in [0.15, 0.2) is 27.6 Å². The van der Waals surface area contributed by atoms with E-state index < -0.39 is 16.1 Å². The zero-order valence-electron chi connectivity index (χ0n) is 10.9. The van der Waals surface area contributed by atoms with Gasteiger partial charge in [0.15, 0.2) is 0 Å². The van der Waals surface area contributed by atoms with Gasteiger partial charge >= 0.3 is 0 Å². The molecule has 0 saturated carbocycles. The molecule has 0 heterocycles. The van der Waals surface area contributed by atoms with Gasteiger partial charge in [-0.15, -0.1) is 0 Å². The number of halogens is 1. The SMILES string of the molecule is CC(C)CC(O)CNS(=O)(=O)c1ccc(Br)cc1N. The lowest BCUT2D eigenvalue weighted by molar-refractivity contribution is 0.152. The molecule has 19 heavy (non-hydrogen) atoms. The van der Waals surface area contributed by atoms with Crippen LogP contribution in [0.3, 0.4) is 0 Å². The van der Waals surface area contributed by atoms with Gasteiger partial charge in [0.25, 0.3) is 0 Å². The Bertz CT molecular complexity index is 532. The summed E-state index contributed by atoms with van der Waals surface area (Å²) in [6.07, 6.45) is -0.162. The van der Waals surface area contributed by atoms with Crippen molar-refractivity contribution in [2.45, 2.75) is 31.3 Å². The zero-order chi connectivity index (χ0) is 14.6. The highest BCUT2D eigenvalue weighted by molar-refractivity contribution is 9.10. The number of rotatable bonds is 6. The van der Waals surface area contributed by atoms with Gasteiger partial charge in [0.1, 0.15) is 4.90 Å². The van der Waals surface area contributed by atoms with E-state index in [-0.39, 0.29) is 17.1 Å². The summed E-state index contributed by atoms with van der Waals surface area (Å²) in [6, 6.07) is 4.56. The summed E-state index contributed by atoms with van der Waals surface area (Å²) in [6.45, 7) is 3.91. The molecule has 0 amide bonds. The van der Waals surface area contributed by atoms with Gasteiger partial charge < -0.3 is 10.8 Å². The Balaban J connectivity index is 2.76. The quantitative estimate of drug-likeness (QED) is 0.681. The van der Waals surface area contributed by atoms with Crippen LogP contribution in [-0.2, 0) is 10.0 Å². The molecule has 7 heteroatoms. The highest BCUT2D eigenvalue weighted by Crippen LogP contribution is 2.22. The van der Waals surface area contributed by atoms with Crippen molar-refractivity contribution in [3.8, 4) is 0 Å². The molecule has 1 rings (SSSR count). The maximum absolute atomic E-state index is 12.0. The number of hydrogen-bond acceptors (Lipinski definition) is 4. The minimum atomic E-state index is -3.69. The number of hydrogen-bond donors (Lipinski definition) is 3. The fourth-order valence-corrected chi connectivity index (χ4v) is 3.24. The molecule has 1 atom stereocenters. The van der Waals surface area contributed by atoms with Crippen LogP contribution in [0.5, 0.6) is 0 Å². The van der Waals surface area contributed by atoms with Gasteiger partial charge in [-0.3, -0.25) is 0 Å². The van der Waals surface area contributed by atoms with Crippen LogP contribution in [0.2, 0.25) is 0 Å². The van der Waals surface area contributed by atoms with Gasteiger partial charge in [-0.2, -0.15) is 0 Å². The van der Waals surface area contributed by atoms with Gasteiger partial charge in [0, 0.05) is 11.0 Å². The van der Waals surface area contributed by atoms with Crippen molar-refractivity contribution in [3.05, 3.63) is 22.7 Å². The molecule has 5 nitrogen and oxygen atoms in total. The molecule has 0 aromatic heterocycles. The number of anilines is 1. The van der Waals surface area contributed by atoms with Gasteiger partial charge in [-0.05, 0) is 30.5 Å². The Labute approximate surface area is 122 Å². The van der Waals surface area contributed by atoms with Crippen LogP contribution in [0, 0.1) is 5.92 Å². The monoisotopic (exact) mass is 350 g/mol. The van der Waals surface area contributed by atoms with Crippen LogP contribution in [0.25, 0.3) is 0 Å². The van der Waals surface area contributed by atoms with Crippen LogP contribution in [0.4, 0.5) is 5.69 Å². The lowest BCUT2D eigenvalue weighted by Crippen LogP contribution is -2.33. The summed E-state index contributed by atoms with van der Waals surface area (Å²) in [4.78, 5) is 0.0208. The van der Waals surface area contributed by atoms with Crippen molar-refractivity contribution in [2.24, 2.45) is 5.92 Å². The van der Waals surface area contributed by atoms with E-state index in [9.17, 15) is 13.5 Å². The second-order valence-electron chi connectivity index (χ2n) is 4.82. The summed E-state index contributed by atoms with van der Waals surface area (Å²) < 4.78 is 27.2. The molecule has 0 fully saturated rings. The maximum atomic E-state index is 12.0. The molecular formula is C12H19BrN2O3S. The Morgan fingerprint density at radius 2 is 2.05 bits per heavy atom. The Hall–Kier alpha value is -0.630. The predicted octanol–water partition coefficient (Wildman–Crippen LogP) is 1.72. The summed E-state index contributed by atoms with van der Waals surface area (Å²) in [5, 5.41) is 9.68. The Morgan fingerprint density at radius 3 is 2.58 bits per heavy atom. The van der Waals surface area contributed by atoms with E-state index in [2.05, 4.69) is 20.7 Å². The van der Waals surface area contributed by atoms with E-state index in [0.29, 0.717) is 16.8 Å². The van der Waals surface area contributed by atoms with E-state index in [1.807, 2.05) is 13.8 Å². The highest BCUT2D eigenvalue weighted by Gasteiger charge is 2.19. The smallest absolute Gasteiger partial charge is 0.242 e. The first-order valence-corrected chi connectivity index (χ1v) is 8.22. The molecule has 1 unspecified atom stereocenters. The van der Waals surface area contributed by atoms with Crippen molar-refractivity contribution in [1.82, 2.24) is 4.72 Å². The number of aliphatic hydroxyl groups is 1. The van der Waals surface area contributed by atoms with Gasteiger partial charge in [-0.25, -0.2) is 13.1 Å². The zero-order valence-corrected chi connectivity index (χ0v) is 13.3. The largest absolute Gasteiger partial charge is 0.398 e. The van der Waals surface area contributed by atoms with E-state index in [0.717, 1.165) is 0 Å². The van der Waals surface area contributed by atoms with E-state index in [1.165, 1.54) is 12.1 Å². The van der Waals surface area contributed by atoms with Crippen molar-refractivity contribution in [3.63, 3.8) is 0 Å². The topological polar surface area (TPSA) is 92.4 Å². The van der Waals surface area contributed by atoms with Gasteiger partial charge in [-0.1, -0.05) is 29.8 Å². The number of aliphatic hydroxyl groups excluding tert-OH is 1. The summed E-state index contributed by atoms with van der Waals surface area (Å²) in [7, 11) is -3.69. The fourth-order valence-electron chi connectivity index (χ4n) is 1.68. The van der Waals surface area contributed by atoms with E-state index in [4.69, 9.17) is 5.73 Å². The first-order valence-electron chi connectivity index (χ1n) is 5.95. The molecule has 0 spiro atoms. The van der Waals surface area contributed by atoms with Crippen molar-refractivity contribution < 1.29 is 13.5 Å². The van der Waals surface area contributed by atoms with Crippen LogP contribution >= 0.6 is 15.9 Å². The molecule has 108 valence electrons. The molecule has 1 aromatic carbocycles. The van der Waals surface area contributed by atoms with Crippen molar-refractivity contribution >= 4 is 31.6 Å². The molecule has 0 aliphatic carbocycles. The fraction of sp³-hybridized carbons (Fsp3) is 0.500. The first kappa shape index (κ1) is 16.4. The second kappa shape index (κ2) is 6.69. The third-order valence-electron chi connectivity index (χ3n) is 2.51. The lowest BCUT2D eigenvalue weighted by Gasteiger charge is -2.15. The number of nitrogens with two attached hydrogens (primary N) is 1. The Kier molecular flexibility index (Phi) is 5.79. The summed E-state index contributed by atoms with van der Waals surface area (Å²) in [5.74, 6) is 0.303. The molecular weight excluding hydrogens is 332 g/mol. The molecule has 1 aromatic rings. The lowest BCUT2D eigenvalue weighted by atomic mass is 10.1. The van der Waals surface area contributed by atoms with Crippen LogP contribution in [0.1, 0.15) is 20.3 Å². The number of nitrogens with one attached hydrogen (secondary N) is 1. The minimum Gasteiger partial charge on any atom is -0.398 e. The summed E-state index contributed by atoms with van der Waals surface area (Å²) in [5.41, 5.74) is 5.85. The predicted molar refractivity (Wildman–Crippen MR) is 79.2 cm³/mol. The Morgan fingerprint density at radius 1 is 1.42 bits per heavy atom. The highest BCUT2D eigenvalue weighted by atomic mass is 79.9. The molecule has 0 radical (unpaired) electrons. The van der Waals surface area contributed by atoms with E-state index in [1.54, 1.807) is 6.07 Å². The number of benzene rings is 1. The normalized spacial score (nSPS) is 13.7. The minimum absolute atomic E-state index is 0.0178. The van der Waals surface area contributed by atoms with Crippen molar-refractivity contribution in [1.29, 1.82) is 0 Å². The van der Waals surface area contributed by atoms with Crippen molar-refractivity contribution in [2.75, 3.05) is 12.3 Å². The third kappa shape index (κ3) is 5.10. The number of nitrogen functional groups attached to an aromatic ring is 1.